The summed E-state index contributed by atoms with van der Waals surface area (Å²) < 4.78 is 10.8. The number of carbonyl (C=O) groups excluding carboxylic acids is 1. The van der Waals surface area contributed by atoms with E-state index < -0.39 is 0 Å². The lowest BCUT2D eigenvalue weighted by molar-refractivity contribution is -0.155. The number of aryl methyl sites for hydroxylation is 1. The number of carbonyl (C=O) groups is 1. The molecule has 18 heavy (non-hydrogen) atoms. The molecule has 1 saturated heterocycles. The molecule has 1 aromatic carbocycles. The molecule has 0 aromatic heterocycles. The fourth-order valence-corrected chi connectivity index (χ4v) is 3.17. The molecule has 1 aromatic rings. The topological polar surface area (TPSA) is 35.5 Å². The molecule has 3 rings (SSSR count). The van der Waals surface area contributed by atoms with E-state index in [1.807, 2.05) is 6.07 Å². The van der Waals surface area contributed by atoms with Gasteiger partial charge < -0.3 is 9.47 Å². The van der Waals surface area contributed by atoms with Crippen LogP contribution in [0.5, 0.6) is 5.75 Å². The zero-order chi connectivity index (χ0) is 12.5. The molecule has 1 aliphatic heterocycles. The first-order valence-corrected chi connectivity index (χ1v) is 6.64. The van der Waals surface area contributed by atoms with E-state index in [0.717, 1.165) is 31.4 Å². The Morgan fingerprint density at radius 2 is 2.17 bits per heavy atom. The van der Waals surface area contributed by atoms with Gasteiger partial charge in [0.2, 0.25) is 0 Å². The van der Waals surface area contributed by atoms with Gasteiger partial charge in [-0.05, 0) is 48.9 Å². The van der Waals surface area contributed by atoms with Crippen LogP contribution in [0.25, 0.3) is 0 Å². The number of hydrogen-bond donors (Lipinski definition) is 0. The summed E-state index contributed by atoms with van der Waals surface area (Å²) in [6.45, 7) is 0. The maximum Gasteiger partial charge on any atom is 0.306 e. The molecular weight excluding hydrogens is 228 g/mol. The van der Waals surface area contributed by atoms with Crippen LogP contribution in [0.15, 0.2) is 18.2 Å². The standard InChI is InChI=1S/C15H18O3/c1-17-11-5-6-12-10(9-11)3-2-4-14-13(12)7-8-15(16)18-14/h5-6,9,13-14H,2-4,7-8H2,1H3/t13-,14-/m1/s1. The van der Waals surface area contributed by atoms with Crippen molar-refractivity contribution in [3.63, 3.8) is 0 Å². The van der Waals surface area contributed by atoms with Gasteiger partial charge in [-0.1, -0.05) is 6.07 Å². The van der Waals surface area contributed by atoms with Gasteiger partial charge in [0.25, 0.3) is 0 Å². The van der Waals surface area contributed by atoms with Gasteiger partial charge in [0.1, 0.15) is 11.9 Å². The van der Waals surface area contributed by atoms with E-state index in [2.05, 4.69) is 12.1 Å². The second kappa shape index (κ2) is 4.63. The van der Waals surface area contributed by atoms with Crippen molar-refractivity contribution in [1.29, 1.82) is 0 Å². The van der Waals surface area contributed by atoms with E-state index in [1.165, 1.54) is 11.1 Å². The highest BCUT2D eigenvalue weighted by molar-refractivity contribution is 5.70. The lowest BCUT2D eigenvalue weighted by atomic mass is 9.85. The Balaban J connectivity index is 1.96. The lowest BCUT2D eigenvalue weighted by Crippen LogP contribution is -2.30. The monoisotopic (exact) mass is 246 g/mol. The molecule has 0 N–H and O–H groups in total. The van der Waals surface area contributed by atoms with E-state index in [1.54, 1.807) is 7.11 Å². The summed E-state index contributed by atoms with van der Waals surface area (Å²) >= 11 is 0. The second-order valence-corrected chi connectivity index (χ2v) is 5.13. The molecule has 0 spiro atoms. The molecule has 0 saturated carbocycles. The molecule has 1 fully saturated rings. The predicted molar refractivity (Wildman–Crippen MR) is 67.8 cm³/mol. The molecule has 3 nitrogen and oxygen atoms in total. The molecule has 0 radical (unpaired) electrons. The van der Waals surface area contributed by atoms with Crippen molar-refractivity contribution in [1.82, 2.24) is 0 Å². The van der Waals surface area contributed by atoms with Crippen LogP contribution in [-0.4, -0.2) is 19.2 Å². The van der Waals surface area contributed by atoms with Crippen LogP contribution in [0, 0.1) is 0 Å². The highest BCUT2D eigenvalue weighted by Crippen LogP contribution is 2.39. The molecule has 1 aliphatic carbocycles. The van der Waals surface area contributed by atoms with Crippen LogP contribution in [0.2, 0.25) is 0 Å². The summed E-state index contributed by atoms with van der Waals surface area (Å²) in [5, 5.41) is 0. The quantitative estimate of drug-likeness (QED) is 0.715. The number of ether oxygens (including phenoxy) is 2. The van der Waals surface area contributed by atoms with E-state index in [-0.39, 0.29) is 12.1 Å². The first kappa shape index (κ1) is 11.6. The van der Waals surface area contributed by atoms with Crippen LogP contribution < -0.4 is 4.74 Å². The van der Waals surface area contributed by atoms with E-state index in [4.69, 9.17) is 9.47 Å². The van der Waals surface area contributed by atoms with Gasteiger partial charge in [0, 0.05) is 12.3 Å². The Bertz CT molecular complexity index is 467. The van der Waals surface area contributed by atoms with Crippen molar-refractivity contribution in [2.75, 3.05) is 7.11 Å². The summed E-state index contributed by atoms with van der Waals surface area (Å²) in [4.78, 5) is 11.4. The van der Waals surface area contributed by atoms with Crippen LogP contribution in [-0.2, 0) is 16.0 Å². The molecule has 2 atom stereocenters. The average Bonchev–Trinajstić information content (AvgIpc) is 2.56. The van der Waals surface area contributed by atoms with Crippen LogP contribution in [0.4, 0.5) is 0 Å². The average molecular weight is 246 g/mol. The maximum absolute atomic E-state index is 11.4. The van der Waals surface area contributed by atoms with E-state index in [9.17, 15) is 4.79 Å². The van der Waals surface area contributed by atoms with Crippen molar-refractivity contribution < 1.29 is 14.3 Å². The molecule has 0 amide bonds. The van der Waals surface area contributed by atoms with E-state index in [0.29, 0.717) is 12.3 Å². The highest BCUT2D eigenvalue weighted by atomic mass is 16.5. The van der Waals surface area contributed by atoms with Crippen molar-refractivity contribution in [2.45, 2.75) is 44.1 Å². The third-order valence-electron chi connectivity index (χ3n) is 4.08. The van der Waals surface area contributed by atoms with Crippen molar-refractivity contribution in [2.24, 2.45) is 0 Å². The summed E-state index contributed by atoms with van der Waals surface area (Å²) in [5.74, 6) is 1.26. The molecule has 3 heteroatoms. The van der Waals surface area contributed by atoms with Crippen molar-refractivity contribution in [3.05, 3.63) is 29.3 Å². The first-order valence-electron chi connectivity index (χ1n) is 6.64. The number of fused-ring (bicyclic) bond motifs is 3. The number of esters is 1. The Kier molecular flexibility index (Phi) is 2.98. The van der Waals surface area contributed by atoms with Gasteiger partial charge >= 0.3 is 5.97 Å². The fraction of sp³-hybridized carbons (Fsp3) is 0.533. The van der Waals surface area contributed by atoms with Gasteiger partial charge in [0.15, 0.2) is 0 Å². The predicted octanol–water partition coefficient (Wildman–Crippen LogP) is 2.82. The summed E-state index contributed by atoms with van der Waals surface area (Å²) in [6, 6.07) is 6.29. The molecule has 0 bridgehead atoms. The lowest BCUT2D eigenvalue weighted by Gasteiger charge is -2.30. The Labute approximate surface area is 107 Å². The number of rotatable bonds is 1. The minimum absolute atomic E-state index is 0.0341. The van der Waals surface area contributed by atoms with Gasteiger partial charge in [-0.15, -0.1) is 0 Å². The van der Waals surface area contributed by atoms with Crippen LogP contribution in [0.1, 0.15) is 42.7 Å². The summed E-state index contributed by atoms with van der Waals surface area (Å²) in [6.07, 6.45) is 4.66. The largest absolute Gasteiger partial charge is 0.497 e. The van der Waals surface area contributed by atoms with Crippen molar-refractivity contribution in [3.8, 4) is 5.75 Å². The molecule has 0 unspecified atom stereocenters. The van der Waals surface area contributed by atoms with Gasteiger partial charge in [-0.25, -0.2) is 0 Å². The zero-order valence-corrected chi connectivity index (χ0v) is 10.6. The minimum Gasteiger partial charge on any atom is -0.497 e. The molecule has 1 heterocycles. The molecule has 96 valence electrons. The normalized spacial score (nSPS) is 26.6. The number of benzene rings is 1. The molecule has 2 aliphatic rings. The Morgan fingerprint density at radius 3 is 3.00 bits per heavy atom. The second-order valence-electron chi connectivity index (χ2n) is 5.13. The SMILES string of the molecule is COc1ccc2c(c1)CCC[C@H]1OC(=O)CC[C@H]21. The zero-order valence-electron chi connectivity index (χ0n) is 10.6. The summed E-state index contributed by atoms with van der Waals surface area (Å²) in [5.41, 5.74) is 2.71. The summed E-state index contributed by atoms with van der Waals surface area (Å²) in [7, 11) is 1.70. The molecular formula is C15H18O3. The maximum atomic E-state index is 11.4. The van der Waals surface area contributed by atoms with Gasteiger partial charge in [-0.3, -0.25) is 4.79 Å². The number of methoxy groups -OCH3 is 1. The highest BCUT2D eigenvalue weighted by Gasteiger charge is 2.34. The van der Waals surface area contributed by atoms with Crippen LogP contribution >= 0.6 is 0 Å². The van der Waals surface area contributed by atoms with E-state index >= 15 is 0 Å². The smallest absolute Gasteiger partial charge is 0.306 e. The fourth-order valence-electron chi connectivity index (χ4n) is 3.17. The van der Waals surface area contributed by atoms with Crippen molar-refractivity contribution >= 4 is 5.97 Å². The third-order valence-corrected chi connectivity index (χ3v) is 4.08. The Hall–Kier alpha value is -1.51. The van der Waals surface area contributed by atoms with Crippen LogP contribution in [0.3, 0.4) is 0 Å². The Morgan fingerprint density at radius 1 is 1.28 bits per heavy atom. The van der Waals surface area contributed by atoms with Gasteiger partial charge in [-0.2, -0.15) is 0 Å². The van der Waals surface area contributed by atoms with Gasteiger partial charge in [0.05, 0.1) is 7.11 Å². The third kappa shape index (κ3) is 1.98. The first-order chi connectivity index (χ1) is 8.78. The number of hydrogen-bond acceptors (Lipinski definition) is 3. The minimum atomic E-state index is -0.0341.